The van der Waals surface area contributed by atoms with Crippen LogP contribution < -0.4 is 0 Å². The monoisotopic (exact) mass is 457 g/mol. The Balaban J connectivity index is 2.15. The van der Waals surface area contributed by atoms with Gasteiger partial charge in [-0.05, 0) is 12.8 Å². The third kappa shape index (κ3) is 6.53. The molecular weight excluding hydrogens is 427 g/mol. The Kier molecular flexibility index (Phi) is 9.96. The third-order valence-electron chi connectivity index (χ3n) is 5.22. The molecule has 0 radical (unpaired) electrons. The van der Waals surface area contributed by atoms with Crippen molar-refractivity contribution in [1.82, 2.24) is 4.98 Å². The fraction of sp³-hybridized carbons (Fsp3) is 0.565. The lowest BCUT2D eigenvalue weighted by Gasteiger charge is -2.33. The number of benzene rings is 1. The highest BCUT2D eigenvalue weighted by Gasteiger charge is 2.64. The first-order chi connectivity index (χ1) is 14.9. The predicted octanol–water partition coefficient (Wildman–Crippen LogP) is 6.97. The molecule has 0 bridgehead atoms. The Hall–Kier alpha value is -1.93. The molecule has 2 rings (SSSR count). The number of carbonyl (C=O) groups excluding carboxylic acids is 1. The molecule has 172 valence electrons. The predicted molar refractivity (Wildman–Crippen MR) is 115 cm³/mol. The van der Waals surface area contributed by atoms with Crippen LogP contribution in [0.4, 0.5) is 13.2 Å². The molecular formula is C23H30F3NO3S. The van der Waals surface area contributed by atoms with Crippen LogP contribution in [0.25, 0.3) is 0 Å². The van der Waals surface area contributed by atoms with E-state index in [0.717, 1.165) is 32.8 Å². The highest BCUT2D eigenvalue weighted by Crippen LogP contribution is 2.44. The Morgan fingerprint density at radius 1 is 1.06 bits per heavy atom. The standard InChI is InChI=1S/C23H30F3NO3S/c1-3-4-5-6-7-8-12-15-19(20-27-16-17-31-20)30-21(28)22(29-2,23(24,25)26)18-13-10-9-11-14-18/h9-11,13-14,16-17,19H,3-8,12,15H2,1-2H3/t19-,22+/m1/s1. The van der Waals surface area contributed by atoms with Gasteiger partial charge < -0.3 is 9.47 Å². The number of methoxy groups -OCH3 is 1. The van der Waals surface area contributed by atoms with E-state index in [1.165, 1.54) is 54.9 Å². The number of rotatable bonds is 13. The molecule has 0 spiro atoms. The maximum atomic E-state index is 14.1. The number of halogens is 3. The summed E-state index contributed by atoms with van der Waals surface area (Å²) in [5, 5.41) is 2.20. The van der Waals surface area contributed by atoms with Crippen molar-refractivity contribution in [2.24, 2.45) is 0 Å². The lowest BCUT2D eigenvalue weighted by atomic mass is 9.92. The van der Waals surface area contributed by atoms with Gasteiger partial charge in [-0.25, -0.2) is 9.78 Å². The molecule has 2 aromatic rings. The van der Waals surface area contributed by atoms with Crippen molar-refractivity contribution in [3.05, 3.63) is 52.5 Å². The summed E-state index contributed by atoms with van der Waals surface area (Å²) < 4.78 is 52.6. The second-order valence-corrected chi connectivity index (χ2v) is 8.35. The minimum Gasteiger partial charge on any atom is -0.452 e. The number of alkyl halides is 3. The number of hydrogen-bond donors (Lipinski definition) is 0. The van der Waals surface area contributed by atoms with Crippen LogP contribution in [0.5, 0.6) is 0 Å². The molecule has 8 heteroatoms. The topological polar surface area (TPSA) is 48.4 Å². The largest absolute Gasteiger partial charge is 0.452 e. The van der Waals surface area contributed by atoms with E-state index in [1.807, 2.05) is 0 Å². The number of nitrogens with zero attached hydrogens (tertiary/aromatic N) is 1. The number of hydrogen-bond acceptors (Lipinski definition) is 5. The van der Waals surface area contributed by atoms with Crippen LogP contribution in [0.15, 0.2) is 41.9 Å². The van der Waals surface area contributed by atoms with Crippen LogP contribution in [-0.2, 0) is 19.9 Å². The van der Waals surface area contributed by atoms with Crippen molar-refractivity contribution in [3.63, 3.8) is 0 Å². The van der Waals surface area contributed by atoms with E-state index in [1.54, 1.807) is 17.6 Å². The van der Waals surface area contributed by atoms with Crippen LogP contribution in [0, 0.1) is 0 Å². The van der Waals surface area contributed by atoms with E-state index in [0.29, 0.717) is 11.4 Å². The summed E-state index contributed by atoms with van der Waals surface area (Å²) in [6, 6.07) is 6.86. The van der Waals surface area contributed by atoms with Gasteiger partial charge in [0, 0.05) is 24.3 Å². The highest BCUT2D eigenvalue weighted by molar-refractivity contribution is 7.09. The van der Waals surface area contributed by atoms with Gasteiger partial charge in [0.2, 0.25) is 0 Å². The van der Waals surface area contributed by atoms with E-state index in [-0.39, 0.29) is 5.56 Å². The molecule has 4 nitrogen and oxygen atoms in total. The maximum Gasteiger partial charge on any atom is 0.432 e. The number of ether oxygens (including phenoxy) is 2. The zero-order valence-electron chi connectivity index (χ0n) is 18.0. The summed E-state index contributed by atoms with van der Waals surface area (Å²) in [4.78, 5) is 17.1. The number of unbranched alkanes of at least 4 members (excludes halogenated alkanes) is 6. The highest BCUT2D eigenvalue weighted by atomic mass is 32.1. The van der Waals surface area contributed by atoms with E-state index < -0.39 is 23.9 Å². The summed E-state index contributed by atoms with van der Waals surface area (Å²) in [5.74, 6) is -1.48. The molecule has 0 aliphatic carbocycles. The second kappa shape index (κ2) is 12.2. The Morgan fingerprint density at radius 2 is 1.71 bits per heavy atom. The van der Waals surface area contributed by atoms with Crippen molar-refractivity contribution in [2.45, 2.75) is 76.2 Å². The number of carbonyl (C=O) groups is 1. The van der Waals surface area contributed by atoms with Crippen molar-refractivity contribution in [2.75, 3.05) is 7.11 Å². The van der Waals surface area contributed by atoms with Crippen molar-refractivity contribution in [1.29, 1.82) is 0 Å². The lowest BCUT2D eigenvalue weighted by Crippen LogP contribution is -2.52. The molecule has 0 saturated heterocycles. The molecule has 0 unspecified atom stereocenters. The molecule has 1 heterocycles. The minimum absolute atomic E-state index is 0.316. The molecule has 0 amide bonds. The molecule has 0 N–H and O–H groups in total. The van der Waals surface area contributed by atoms with Gasteiger partial charge in [-0.1, -0.05) is 75.8 Å². The lowest BCUT2D eigenvalue weighted by molar-refractivity contribution is -0.278. The van der Waals surface area contributed by atoms with E-state index in [9.17, 15) is 18.0 Å². The average Bonchev–Trinajstić information content (AvgIpc) is 3.27. The fourth-order valence-electron chi connectivity index (χ4n) is 3.51. The van der Waals surface area contributed by atoms with Gasteiger partial charge >= 0.3 is 12.1 Å². The molecule has 2 atom stereocenters. The summed E-state index contributed by atoms with van der Waals surface area (Å²) in [5.41, 5.74) is -3.51. The van der Waals surface area contributed by atoms with Crippen LogP contribution in [0.1, 0.15) is 75.0 Å². The maximum absolute atomic E-state index is 14.1. The third-order valence-corrected chi connectivity index (χ3v) is 6.09. The number of esters is 1. The first-order valence-electron chi connectivity index (χ1n) is 10.6. The van der Waals surface area contributed by atoms with E-state index >= 15 is 0 Å². The minimum atomic E-state index is -4.99. The normalized spacial score (nSPS) is 14.7. The summed E-state index contributed by atoms with van der Waals surface area (Å²) in [6.07, 6.45) is 3.53. The molecule has 31 heavy (non-hydrogen) atoms. The average molecular weight is 458 g/mol. The van der Waals surface area contributed by atoms with Gasteiger partial charge in [-0.2, -0.15) is 13.2 Å². The Bertz CT molecular complexity index is 768. The Labute approximate surface area is 185 Å². The SMILES string of the molecule is CCCCCCCCC[C@@H](OC(=O)[C@@](OC)(c1ccccc1)C(F)(F)F)c1nccs1. The van der Waals surface area contributed by atoms with Crippen molar-refractivity contribution < 1.29 is 27.4 Å². The van der Waals surface area contributed by atoms with Gasteiger partial charge in [-0.15, -0.1) is 11.3 Å². The Morgan fingerprint density at radius 3 is 2.26 bits per heavy atom. The molecule has 0 aliphatic rings. The van der Waals surface area contributed by atoms with E-state index in [4.69, 9.17) is 9.47 Å². The van der Waals surface area contributed by atoms with Gasteiger partial charge in [0.1, 0.15) is 5.01 Å². The smallest absolute Gasteiger partial charge is 0.432 e. The van der Waals surface area contributed by atoms with Crippen LogP contribution in [0.3, 0.4) is 0 Å². The van der Waals surface area contributed by atoms with Gasteiger partial charge in [0.15, 0.2) is 6.10 Å². The quantitative estimate of drug-likeness (QED) is 0.241. The van der Waals surface area contributed by atoms with Crippen LogP contribution in [0.2, 0.25) is 0 Å². The summed E-state index contributed by atoms with van der Waals surface area (Å²) in [7, 11) is 0.871. The second-order valence-electron chi connectivity index (χ2n) is 7.42. The molecule has 0 saturated carbocycles. The number of aromatic nitrogens is 1. The van der Waals surface area contributed by atoms with Crippen molar-refractivity contribution >= 4 is 17.3 Å². The first-order valence-corrected chi connectivity index (χ1v) is 11.5. The zero-order chi connectivity index (χ0) is 22.7. The van der Waals surface area contributed by atoms with E-state index in [2.05, 4.69) is 11.9 Å². The van der Waals surface area contributed by atoms with Crippen molar-refractivity contribution in [3.8, 4) is 0 Å². The first kappa shape index (κ1) is 25.3. The summed E-state index contributed by atoms with van der Waals surface area (Å²) >= 11 is 1.26. The van der Waals surface area contributed by atoms with Crippen LogP contribution in [-0.4, -0.2) is 24.2 Å². The molecule has 1 aromatic heterocycles. The molecule has 0 fully saturated rings. The van der Waals surface area contributed by atoms with Gasteiger partial charge in [0.05, 0.1) is 0 Å². The van der Waals surface area contributed by atoms with Gasteiger partial charge in [0.25, 0.3) is 5.60 Å². The number of thiazole rings is 1. The fourth-order valence-corrected chi connectivity index (χ4v) is 4.21. The van der Waals surface area contributed by atoms with Gasteiger partial charge in [-0.3, -0.25) is 0 Å². The summed E-state index contributed by atoms with van der Waals surface area (Å²) in [6.45, 7) is 2.16. The molecule has 1 aromatic carbocycles. The molecule has 0 aliphatic heterocycles. The van der Waals surface area contributed by atoms with Crippen LogP contribution >= 0.6 is 11.3 Å². The zero-order valence-corrected chi connectivity index (χ0v) is 18.8.